The van der Waals surface area contributed by atoms with Gasteiger partial charge in [-0.3, -0.25) is 0 Å². The maximum absolute atomic E-state index is 15.0. The van der Waals surface area contributed by atoms with Gasteiger partial charge in [-0.05, 0) is 61.9 Å². The standard InChI is InChI=1S/C22H23ClF2O2/c1-13(26)16-3-2-10-22(11-14-4-6-15(23)7-5-14)17(16)12-27-21-19(25)9-8-18(24)20(21)22/h4-9,13,16-17,26H,2-3,10-12H2,1H3/t13-,16+,17?,22+/m1/s1. The van der Waals surface area contributed by atoms with Gasteiger partial charge in [-0.1, -0.05) is 30.2 Å². The molecule has 4 atom stereocenters. The topological polar surface area (TPSA) is 29.5 Å². The molecule has 2 aromatic rings. The van der Waals surface area contributed by atoms with E-state index in [1.54, 1.807) is 6.92 Å². The zero-order chi connectivity index (χ0) is 19.2. The molecule has 4 rings (SSSR count). The van der Waals surface area contributed by atoms with Gasteiger partial charge in [0.1, 0.15) is 5.82 Å². The van der Waals surface area contributed by atoms with Gasteiger partial charge in [0.05, 0.1) is 12.7 Å². The lowest BCUT2D eigenvalue weighted by molar-refractivity contribution is -0.0234. The summed E-state index contributed by atoms with van der Waals surface area (Å²) in [5.74, 6) is -1.02. The van der Waals surface area contributed by atoms with E-state index in [0.717, 1.165) is 30.9 Å². The molecule has 1 heterocycles. The second-order valence-corrected chi connectivity index (χ2v) is 8.34. The minimum atomic E-state index is -0.604. The number of aliphatic hydroxyl groups is 1. The predicted octanol–water partition coefficient (Wildman–Crippen LogP) is 5.29. The van der Waals surface area contributed by atoms with E-state index in [2.05, 4.69) is 0 Å². The third-order valence-corrected chi connectivity index (χ3v) is 6.66. The Labute approximate surface area is 163 Å². The van der Waals surface area contributed by atoms with E-state index in [9.17, 15) is 9.50 Å². The summed E-state index contributed by atoms with van der Waals surface area (Å²) in [6, 6.07) is 9.83. The van der Waals surface area contributed by atoms with E-state index in [1.165, 1.54) is 6.07 Å². The maximum atomic E-state index is 15.0. The highest BCUT2D eigenvalue weighted by atomic mass is 35.5. The first kappa shape index (κ1) is 18.7. The van der Waals surface area contributed by atoms with Crippen molar-refractivity contribution in [1.82, 2.24) is 0 Å². The molecule has 1 fully saturated rings. The van der Waals surface area contributed by atoms with Gasteiger partial charge in [0.25, 0.3) is 0 Å². The van der Waals surface area contributed by atoms with Crippen LogP contribution in [-0.2, 0) is 11.8 Å². The molecule has 2 nitrogen and oxygen atoms in total. The fourth-order valence-electron chi connectivity index (χ4n) is 5.21. The SMILES string of the molecule is C[C@@H](O)[C@@H]1CCC[C@@]2(Cc3ccc(Cl)cc3)c3c(F)ccc(F)c3OCC12. The number of hydrogen-bond donors (Lipinski definition) is 1. The van der Waals surface area contributed by atoms with Crippen molar-refractivity contribution in [2.24, 2.45) is 11.8 Å². The first-order chi connectivity index (χ1) is 12.9. The third kappa shape index (κ3) is 3.13. The largest absolute Gasteiger partial charge is 0.490 e. The Morgan fingerprint density at radius 2 is 1.89 bits per heavy atom. The van der Waals surface area contributed by atoms with Crippen molar-refractivity contribution in [2.45, 2.75) is 44.1 Å². The van der Waals surface area contributed by atoms with Crippen LogP contribution in [0, 0.1) is 23.5 Å². The van der Waals surface area contributed by atoms with Crippen LogP contribution < -0.4 is 4.74 Å². The number of ether oxygens (including phenoxy) is 1. The number of fused-ring (bicyclic) bond motifs is 3. The summed E-state index contributed by atoms with van der Waals surface area (Å²) in [6.07, 6.45) is 2.49. The molecule has 27 heavy (non-hydrogen) atoms. The number of rotatable bonds is 3. The molecule has 1 N–H and O–H groups in total. The minimum Gasteiger partial charge on any atom is -0.490 e. The van der Waals surface area contributed by atoms with Crippen molar-refractivity contribution in [1.29, 1.82) is 0 Å². The van der Waals surface area contributed by atoms with Crippen molar-refractivity contribution in [2.75, 3.05) is 6.61 Å². The Hall–Kier alpha value is -1.65. The lowest BCUT2D eigenvalue weighted by Crippen LogP contribution is -2.53. The Morgan fingerprint density at radius 3 is 2.59 bits per heavy atom. The monoisotopic (exact) mass is 392 g/mol. The molecule has 0 radical (unpaired) electrons. The van der Waals surface area contributed by atoms with Crippen LogP contribution in [0.2, 0.25) is 5.02 Å². The van der Waals surface area contributed by atoms with Crippen LogP contribution in [0.15, 0.2) is 36.4 Å². The fraction of sp³-hybridized carbons (Fsp3) is 0.455. The van der Waals surface area contributed by atoms with Crippen molar-refractivity contribution < 1.29 is 18.6 Å². The fourth-order valence-corrected chi connectivity index (χ4v) is 5.33. The summed E-state index contributed by atoms with van der Waals surface area (Å²) in [6.45, 7) is 2.07. The normalized spacial score (nSPS) is 28.0. The molecule has 0 aromatic heterocycles. The number of halogens is 3. The van der Waals surface area contributed by atoms with Crippen LogP contribution in [-0.4, -0.2) is 17.8 Å². The van der Waals surface area contributed by atoms with Crippen LogP contribution in [0.3, 0.4) is 0 Å². The van der Waals surface area contributed by atoms with Gasteiger partial charge in [-0.2, -0.15) is 0 Å². The number of benzene rings is 2. The van der Waals surface area contributed by atoms with Gasteiger partial charge in [0.15, 0.2) is 11.6 Å². The van der Waals surface area contributed by atoms with Crippen molar-refractivity contribution in [3.8, 4) is 5.75 Å². The molecule has 2 aromatic carbocycles. The highest BCUT2D eigenvalue weighted by Gasteiger charge is 2.53. The second kappa shape index (κ2) is 7.06. The first-order valence-electron chi connectivity index (χ1n) is 9.46. The van der Waals surface area contributed by atoms with Crippen LogP contribution >= 0.6 is 11.6 Å². The van der Waals surface area contributed by atoms with Crippen LogP contribution in [0.1, 0.15) is 37.3 Å². The van der Waals surface area contributed by atoms with Gasteiger partial charge in [-0.15, -0.1) is 0 Å². The first-order valence-corrected chi connectivity index (χ1v) is 9.84. The Kier molecular flexibility index (Phi) is 4.89. The van der Waals surface area contributed by atoms with E-state index < -0.39 is 23.2 Å². The zero-order valence-electron chi connectivity index (χ0n) is 15.2. The maximum Gasteiger partial charge on any atom is 0.165 e. The summed E-state index contributed by atoms with van der Waals surface area (Å²) in [7, 11) is 0. The van der Waals surface area contributed by atoms with Gasteiger partial charge in [0.2, 0.25) is 0 Å². The van der Waals surface area contributed by atoms with Gasteiger partial charge < -0.3 is 9.84 Å². The van der Waals surface area contributed by atoms with Crippen molar-refractivity contribution in [3.05, 3.63) is 64.2 Å². The van der Waals surface area contributed by atoms with Gasteiger partial charge in [-0.25, -0.2) is 8.78 Å². The minimum absolute atomic E-state index is 0.0122. The average molecular weight is 393 g/mol. The van der Waals surface area contributed by atoms with Gasteiger partial charge >= 0.3 is 0 Å². The van der Waals surface area contributed by atoms with E-state index in [-0.39, 0.29) is 24.2 Å². The highest BCUT2D eigenvalue weighted by Crippen LogP contribution is 2.55. The zero-order valence-corrected chi connectivity index (χ0v) is 16.0. The summed E-state index contributed by atoms with van der Waals surface area (Å²) in [4.78, 5) is 0. The molecule has 1 saturated carbocycles. The van der Waals surface area contributed by atoms with E-state index in [0.29, 0.717) is 17.0 Å². The predicted molar refractivity (Wildman–Crippen MR) is 101 cm³/mol. The molecule has 0 spiro atoms. The van der Waals surface area contributed by atoms with Crippen LogP contribution in [0.25, 0.3) is 0 Å². The molecule has 0 saturated heterocycles. The molecular weight excluding hydrogens is 370 g/mol. The highest BCUT2D eigenvalue weighted by molar-refractivity contribution is 6.30. The lowest BCUT2D eigenvalue weighted by atomic mass is 9.54. The third-order valence-electron chi connectivity index (χ3n) is 6.40. The smallest absolute Gasteiger partial charge is 0.165 e. The molecule has 144 valence electrons. The van der Waals surface area contributed by atoms with E-state index in [1.807, 2.05) is 24.3 Å². The summed E-state index contributed by atoms with van der Waals surface area (Å²) < 4.78 is 35.2. The number of hydrogen-bond acceptors (Lipinski definition) is 2. The quantitative estimate of drug-likeness (QED) is 0.769. The van der Waals surface area contributed by atoms with Crippen molar-refractivity contribution in [3.63, 3.8) is 0 Å². The van der Waals surface area contributed by atoms with E-state index >= 15 is 4.39 Å². The molecule has 5 heteroatoms. The second-order valence-electron chi connectivity index (χ2n) is 7.91. The average Bonchev–Trinajstić information content (AvgIpc) is 2.65. The lowest BCUT2D eigenvalue weighted by Gasteiger charge is -2.52. The molecule has 1 aliphatic carbocycles. The molecular formula is C22H23ClF2O2. The molecule has 0 bridgehead atoms. The molecule has 0 amide bonds. The van der Waals surface area contributed by atoms with E-state index in [4.69, 9.17) is 16.3 Å². The molecule has 2 aliphatic rings. The Balaban J connectivity index is 1.88. The van der Waals surface area contributed by atoms with Gasteiger partial charge in [0, 0.05) is 21.9 Å². The Bertz CT molecular complexity index is 837. The van der Waals surface area contributed by atoms with Crippen LogP contribution in [0.4, 0.5) is 8.78 Å². The van der Waals surface area contributed by atoms with Crippen molar-refractivity contribution >= 4 is 11.6 Å². The Morgan fingerprint density at radius 1 is 1.19 bits per heavy atom. The molecule has 1 unspecified atom stereocenters. The summed E-state index contributed by atoms with van der Waals surface area (Å²) in [5.41, 5.74) is 0.749. The molecule has 1 aliphatic heterocycles. The summed E-state index contributed by atoms with van der Waals surface area (Å²) in [5, 5.41) is 11.0. The van der Waals surface area contributed by atoms with Crippen LogP contribution in [0.5, 0.6) is 5.75 Å². The summed E-state index contributed by atoms with van der Waals surface area (Å²) >= 11 is 6.02. The number of aliphatic hydroxyl groups excluding tert-OH is 1.